The zero-order chi connectivity index (χ0) is 18.4. The number of nitrogens with zero attached hydrogens (tertiary/aromatic N) is 2. The highest BCUT2D eigenvalue weighted by atomic mass is 19.1. The van der Waals surface area contributed by atoms with E-state index in [4.69, 9.17) is 5.73 Å². The van der Waals surface area contributed by atoms with Crippen molar-refractivity contribution in [2.75, 3.05) is 6.67 Å². The third-order valence-electron chi connectivity index (χ3n) is 4.17. The van der Waals surface area contributed by atoms with Crippen molar-refractivity contribution in [1.82, 2.24) is 14.9 Å². The maximum absolute atomic E-state index is 12.7. The number of hydrogen-bond donors (Lipinski definition) is 2. The van der Waals surface area contributed by atoms with Crippen LogP contribution in [0.1, 0.15) is 43.5 Å². The topological polar surface area (TPSA) is 90.0 Å². The van der Waals surface area contributed by atoms with Crippen LogP contribution >= 0.6 is 0 Å². The lowest BCUT2D eigenvalue weighted by atomic mass is 10.0. The van der Waals surface area contributed by atoms with Crippen LogP contribution in [0, 0.1) is 5.92 Å². The predicted molar refractivity (Wildman–Crippen MR) is 94.8 cm³/mol. The second-order valence-electron chi connectivity index (χ2n) is 6.46. The van der Waals surface area contributed by atoms with Gasteiger partial charge in [-0.25, -0.2) is 4.98 Å². The van der Waals surface area contributed by atoms with Gasteiger partial charge in [0.2, 0.25) is 5.91 Å². The van der Waals surface area contributed by atoms with E-state index in [0.717, 1.165) is 18.2 Å². The number of nitrogens with one attached hydrogen (secondary N) is 1. The minimum Gasteiger partial charge on any atom is -0.368 e. The van der Waals surface area contributed by atoms with Gasteiger partial charge < -0.3 is 15.6 Å². The minimum atomic E-state index is -0.730. The average Bonchev–Trinajstić information content (AvgIpc) is 2.95. The fourth-order valence-electron chi connectivity index (χ4n) is 2.81. The van der Waals surface area contributed by atoms with Gasteiger partial charge in [-0.15, -0.1) is 0 Å². The molecule has 2 rings (SSSR count). The monoisotopic (exact) mass is 348 g/mol. The summed E-state index contributed by atoms with van der Waals surface area (Å²) in [6.07, 6.45) is 5.53. The fourth-order valence-corrected chi connectivity index (χ4v) is 2.81. The van der Waals surface area contributed by atoms with E-state index in [-0.39, 0.29) is 18.5 Å². The zero-order valence-corrected chi connectivity index (χ0v) is 14.7. The molecule has 0 aliphatic heterocycles. The molecule has 0 aliphatic rings. The van der Waals surface area contributed by atoms with Gasteiger partial charge in [0.05, 0.1) is 12.2 Å². The molecule has 0 aliphatic carbocycles. The molecule has 2 aromatic rings. The van der Waals surface area contributed by atoms with E-state index < -0.39 is 11.9 Å². The quantitative estimate of drug-likeness (QED) is 0.682. The van der Waals surface area contributed by atoms with Crippen LogP contribution in [0.25, 0.3) is 11.0 Å². The van der Waals surface area contributed by atoms with Crippen molar-refractivity contribution in [3.63, 3.8) is 0 Å². The first-order valence-electron chi connectivity index (χ1n) is 8.55. The van der Waals surface area contributed by atoms with Crippen LogP contribution < -0.4 is 11.1 Å². The van der Waals surface area contributed by atoms with Crippen LogP contribution in [0.4, 0.5) is 4.39 Å². The Bertz CT molecular complexity index is 742. The number of fused-ring (bicyclic) bond motifs is 1. The molecule has 25 heavy (non-hydrogen) atoms. The molecular weight excluding hydrogens is 323 g/mol. The summed E-state index contributed by atoms with van der Waals surface area (Å²) in [5.74, 6) is -1.01. The van der Waals surface area contributed by atoms with E-state index in [9.17, 15) is 14.0 Å². The van der Waals surface area contributed by atoms with E-state index in [1.54, 1.807) is 18.5 Å². The second kappa shape index (κ2) is 8.60. The van der Waals surface area contributed by atoms with Crippen LogP contribution in [0.15, 0.2) is 24.5 Å². The summed E-state index contributed by atoms with van der Waals surface area (Å²) in [4.78, 5) is 28.5. The highest BCUT2D eigenvalue weighted by Crippen LogP contribution is 2.20. The SMILES string of the molecule is CC(C)C(NC(=O)c1cn(CCCCCF)c2ncccc12)C(N)=O. The molecule has 2 heterocycles. The molecule has 0 bridgehead atoms. The Balaban J connectivity index is 2.25. The Labute approximate surface area is 146 Å². The third-order valence-corrected chi connectivity index (χ3v) is 4.17. The zero-order valence-electron chi connectivity index (χ0n) is 14.7. The second-order valence-corrected chi connectivity index (χ2v) is 6.46. The molecule has 0 saturated heterocycles. The first-order valence-corrected chi connectivity index (χ1v) is 8.55. The van der Waals surface area contributed by atoms with Crippen molar-refractivity contribution < 1.29 is 14.0 Å². The summed E-state index contributed by atoms with van der Waals surface area (Å²) in [5, 5.41) is 3.43. The van der Waals surface area contributed by atoms with Gasteiger partial charge in [-0.1, -0.05) is 13.8 Å². The van der Waals surface area contributed by atoms with Gasteiger partial charge in [-0.2, -0.15) is 0 Å². The molecule has 6 nitrogen and oxygen atoms in total. The molecule has 0 spiro atoms. The van der Waals surface area contributed by atoms with Gasteiger partial charge in [0.25, 0.3) is 5.91 Å². The third kappa shape index (κ3) is 4.55. The number of pyridine rings is 1. The van der Waals surface area contributed by atoms with E-state index in [1.165, 1.54) is 0 Å². The van der Waals surface area contributed by atoms with Crippen molar-refractivity contribution in [3.8, 4) is 0 Å². The van der Waals surface area contributed by atoms with Crippen LogP contribution in [0.5, 0.6) is 0 Å². The Morgan fingerprint density at radius 3 is 2.72 bits per heavy atom. The number of aryl methyl sites for hydroxylation is 1. The number of primary amides is 1. The predicted octanol–water partition coefficient (Wildman–Crippen LogP) is 2.42. The number of carbonyl (C=O) groups excluding carboxylic acids is 2. The number of amides is 2. The minimum absolute atomic E-state index is 0.103. The summed E-state index contributed by atoms with van der Waals surface area (Å²) >= 11 is 0. The van der Waals surface area contributed by atoms with Crippen LogP contribution in [0.3, 0.4) is 0 Å². The Kier molecular flexibility index (Phi) is 6.50. The number of unbranched alkanes of at least 4 members (excludes halogenated alkanes) is 2. The maximum atomic E-state index is 12.7. The van der Waals surface area contributed by atoms with Crippen LogP contribution in [-0.2, 0) is 11.3 Å². The summed E-state index contributed by atoms with van der Waals surface area (Å²) in [7, 11) is 0. The number of nitrogens with two attached hydrogens (primary N) is 1. The van der Waals surface area contributed by atoms with Crippen molar-refractivity contribution in [2.45, 2.75) is 45.7 Å². The number of hydrogen-bond acceptors (Lipinski definition) is 3. The number of carbonyl (C=O) groups is 2. The molecule has 0 fully saturated rings. The van der Waals surface area contributed by atoms with Crippen molar-refractivity contribution in [1.29, 1.82) is 0 Å². The van der Waals surface area contributed by atoms with Gasteiger partial charge in [0.15, 0.2) is 0 Å². The van der Waals surface area contributed by atoms with Gasteiger partial charge >= 0.3 is 0 Å². The van der Waals surface area contributed by atoms with Crippen molar-refractivity contribution in [2.24, 2.45) is 11.7 Å². The number of halogens is 1. The molecule has 0 radical (unpaired) electrons. The molecule has 0 aromatic carbocycles. The van der Waals surface area contributed by atoms with Crippen molar-refractivity contribution >= 4 is 22.8 Å². The van der Waals surface area contributed by atoms with Gasteiger partial charge in [0, 0.05) is 24.3 Å². The summed E-state index contributed by atoms with van der Waals surface area (Å²) in [6.45, 7) is 3.99. The lowest BCUT2D eigenvalue weighted by Gasteiger charge is -2.18. The van der Waals surface area contributed by atoms with Crippen LogP contribution in [0.2, 0.25) is 0 Å². The molecule has 1 unspecified atom stereocenters. The van der Waals surface area contributed by atoms with Gasteiger partial charge in [0.1, 0.15) is 11.7 Å². The summed E-state index contributed by atoms with van der Waals surface area (Å²) < 4.78 is 14.1. The fraction of sp³-hybridized carbons (Fsp3) is 0.500. The van der Waals surface area contributed by atoms with Gasteiger partial charge in [-0.05, 0) is 37.3 Å². The van der Waals surface area contributed by atoms with E-state index in [0.29, 0.717) is 24.2 Å². The molecule has 7 heteroatoms. The standard InChI is InChI=1S/C18H25FN4O2/c1-12(2)15(16(20)24)22-18(25)14-11-23(10-5-3-4-8-19)17-13(14)7-6-9-21-17/h6-7,9,11-12,15H,3-5,8,10H2,1-2H3,(H2,20,24)(H,22,25). The van der Waals surface area contributed by atoms with E-state index >= 15 is 0 Å². The smallest absolute Gasteiger partial charge is 0.254 e. The molecule has 2 amide bonds. The normalized spacial score (nSPS) is 12.5. The number of aromatic nitrogens is 2. The Morgan fingerprint density at radius 1 is 1.32 bits per heavy atom. The summed E-state index contributed by atoms with van der Waals surface area (Å²) in [5.41, 5.74) is 6.53. The van der Waals surface area contributed by atoms with Gasteiger partial charge in [-0.3, -0.25) is 14.0 Å². The molecule has 136 valence electrons. The summed E-state index contributed by atoms with van der Waals surface area (Å²) in [6, 6.07) is 2.86. The Morgan fingerprint density at radius 2 is 2.08 bits per heavy atom. The Hall–Kier alpha value is -2.44. The molecular formula is C18H25FN4O2. The average molecular weight is 348 g/mol. The number of rotatable bonds is 9. The van der Waals surface area contributed by atoms with E-state index in [1.807, 2.05) is 24.5 Å². The molecule has 2 aromatic heterocycles. The molecule has 0 saturated carbocycles. The molecule has 3 N–H and O–H groups in total. The first kappa shape index (κ1) is 18.9. The lowest BCUT2D eigenvalue weighted by molar-refractivity contribution is -0.120. The number of alkyl halides is 1. The molecule has 1 atom stereocenters. The first-order chi connectivity index (χ1) is 12.0. The highest BCUT2D eigenvalue weighted by molar-refractivity contribution is 6.07. The highest BCUT2D eigenvalue weighted by Gasteiger charge is 2.24. The van der Waals surface area contributed by atoms with E-state index in [2.05, 4.69) is 10.3 Å². The lowest BCUT2D eigenvalue weighted by Crippen LogP contribution is -2.47. The van der Waals surface area contributed by atoms with Crippen molar-refractivity contribution in [3.05, 3.63) is 30.1 Å². The largest absolute Gasteiger partial charge is 0.368 e. The maximum Gasteiger partial charge on any atom is 0.254 e. The van der Waals surface area contributed by atoms with Crippen LogP contribution in [-0.4, -0.2) is 34.1 Å².